The molecule has 0 aliphatic heterocycles. The molecule has 0 radical (unpaired) electrons. The number of ether oxygens (including phenoxy) is 1. The van der Waals surface area contributed by atoms with Gasteiger partial charge in [0.2, 0.25) is 5.91 Å². The number of rotatable bonds is 6. The number of nitrogens with zero attached hydrogens (tertiary/aromatic N) is 1. The van der Waals surface area contributed by atoms with E-state index >= 15 is 0 Å². The monoisotopic (exact) mass is 268 g/mol. The number of hydrogen-bond acceptors (Lipinski definition) is 5. The Morgan fingerprint density at radius 3 is 2.68 bits per heavy atom. The zero-order chi connectivity index (χ0) is 14.4. The molecule has 0 aliphatic carbocycles. The van der Waals surface area contributed by atoms with E-state index in [0.29, 0.717) is 13.1 Å². The van der Waals surface area contributed by atoms with Crippen LogP contribution >= 0.6 is 0 Å². The third-order valence-electron chi connectivity index (χ3n) is 2.76. The Bertz CT molecular complexity index is 442. The first-order chi connectivity index (χ1) is 8.93. The summed E-state index contributed by atoms with van der Waals surface area (Å²) in [6.45, 7) is 4.26. The van der Waals surface area contributed by atoms with E-state index in [2.05, 4.69) is 10.1 Å². The van der Waals surface area contributed by atoms with Crippen molar-refractivity contribution < 1.29 is 18.7 Å². The summed E-state index contributed by atoms with van der Waals surface area (Å²) < 4.78 is 9.89. The summed E-state index contributed by atoms with van der Waals surface area (Å²) in [5.74, 6) is 0.134. The number of aryl methyl sites for hydroxylation is 1. The van der Waals surface area contributed by atoms with E-state index in [4.69, 9.17) is 4.42 Å². The van der Waals surface area contributed by atoms with Crippen molar-refractivity contribution in [3.8, 4) is 0 Å². The third kappa shape index (κ3) is 4.75. The molecule has 0 saturated carbocycles. The molecule has 6 nitrogen and oxygen atoms in total. The van der Waals surface area contributed by atoms with Crippen molar-refractivity contribution in [1.82, 2.24) is 10.2 Å². The number of amides is 1. The fourth-order valence-corrected chi connectivity index (χ4v) is 1.81. The van der Waals surface area contributed by atoms with Gasteiger partial charge in [0, 0.05) is 25.6 Å². The Labute approximate surface area is 112 Å². The predicted molar refractivity (Wildman–Crippen MR) is 69.4 cm³/mol. The average Bonchev–Trinajstić information content (AvgIpc) is 2.72. The van der Waals surface area contributed by atoms with Gasteiger partial charge in [-0.2, -0.15) is 0 Å². The maximum Gasteiger partial charge on any atom is 0.329 e. The summed E-state index contributed by atoms with van der Waals surface area (Å²) in [6.07, 6.45) is 1.63. The van der Waals surface area contributed by atoms with Crippen molar-refractivity contribution in [2.75, 3.05) is 20.7 Å². The van der Waals surface area contributed by atoms with E-state index in [9.17, 15) is 9.59 Å². The highest BCUT2D eigenvalue weighted by Crippen LogP contribution is 2.11. The second-order valence-corrected chi connectivity index (χ2v) is 4.48. The van der Waals surface area contributed by atoms with Crippen LogP contribution in [0.15, 0.2) is 16.7 Å². The summed E-state index contributed by atoms with van der Waals surface area (Å²) >= 11 is 0. The van der Waals surface area contributed by atoms with Gasteiger partial charge >= 0.3 is 5.97 Å². The van der Waals surface area contributed by atoms with Crippen LogP contribution in [0.1, 0.15) is 18.2 Å². The highest BCUT2D eigenvalue weighted by molar-refractivity contribution is 5.83. The molecule has 0 saturated heterocycles. The van der Waals surface area contributed by atoms with Crippen molar-refractivity contribution in [1.29, 1.82) is 0 Å². The second-order valence-electron chi connectivity index (χ2n) is 4.48. The zero-order valence-electron chi connectivity index (χ0n) is 11.7. The van der Waals surface area contributed by atoms with Crippen LogP contribution < -0.4 is 5.32 Å². The maximum absolute atomic E-state index is 11.6. The van der Waals surface area contributed by atoms with Gasteiger partial charge in [-0.3, -0.25) is 9.69 Å². The van der Waals surface area contributed by atoms with Crippen LogP contribution in [0.25, 0.3) is 0 Å². The minimum Gasteiger partial charge on any atom is -0.469 e. The summed E-state index contributed by atoms with van der Waals surface area (Å²) in [4.78, 5) is 24.6. The van der Waals surface area contributed by atoms with Crippen molar-refractivity contribution in [2.24, 2.45) is 0 Å². The Morgan fingerprint density at radius 1 is 1.53 bits per heavy atom. The number of carbonyl (C=O) groups excluding carboxylic acids is 2. The van der Waals surface area contributed by atoms with Gasteiger partial charge in [0.25, 0.3) is 0 Å². The largest absolute Gasteiger partial charge is 0.469 e. The van der Waals surface area contributed by atoms with Gasteiger partial charge < -0.3 is 14.5 Å². The number of methoxy groups -OCH3 is 1. The highest BCUT2D eigenvalue weighted by Gasteiger charge is 2.22. The van der Waals surface area contributed by atoms with Crippen molar-refractivity contribution in [3.63, 3.8) is 0 Å². The minimum atomic E-state index is -0.667. The summed E-state index contributed by atoms with van der Waals surface area (Å²) in [6, 6.07) is 1.22. The first-order valence-corrected chi connectivity index (χ1v) is 6.00. The Hall–Kier alpha value is -1.82. The van der Waals surface area contributed by atoms with Crippen LogP contribution in [0.2, 0.25) is 0 Å². The maximum atomic E-state index is 11.6. The molecule has 0 bridgehead atoms. The first kappa shape index (κ1) is 15.2. The Balaban J connectivity index is 2.60. The number of hydrogen-bond donors (Lipinski definition) is 1. The van der Waals surface area contributed by atoms with E-state index in [1.54, 1.807) is 6.26 Å². The lowest BCUT2D eigenvalue weighted by Gasteiger charge is -2.22. The van der Waals surface area contributed by atoms with Gasteiger partial charge in [0.05, 0.1) is 13.4 Å². The summed E-state index contributed by atoms with van der Waals surface area (Å²) in [5.41, 5.74) is 1.05. The zero-order valence-corrected chi connectivity index (χ0v) is 11.7. The van der Waals surface area contributed by atoms with E-state index in [1.165, 1.54) is 14.0 Å². The van der Waals surface area contributed by atoms with E-state index in [1.807, 2.05) is 24.9 Å². The van der Waals surface area contributed by atoms with Gasteiger partial charge in [0.1, 0.15) is 11.8 Å². The first-order valence-electron chi connectivity index (χ1n) is 6.00. The molecule has 1 amide bonds. The normalized spacial score (nSPS) is 12.3. The molecule has 0 fully saturated rings. The molecule has 6 heteroatoms. The van der Waals surface area contributed by atoms with Crippen LogP contribution in [0, 0.1) is 6.92 Å². The lowest BCUT2D eigenvalue weighted by Crippen LogP contribution is -2.47. The minimum absolute atomic E-state index is 0.261. The fourth-order valence-electron chi connectivity index (χ4n) is 1.81. The quantitative estimate of drug-likeness (QED) is 0.769. The summed E-state index contributed by atoms with van der Waals surface area (Å²) in [5, 5.41) is 2.58. The van der Waals surface area contributed by atoms with Gasteiger partial charge in [-0.05, 0) is 20.0 Å². The van der Waals surface area contributed by atoms with Crippen LogP contribution in [-0.2, 0) is 20.9 Å². The Kier molecular flexibility index (Phi) is 5.57. The van der Waals surface area contributed by atoms with Crippen molar-refractivity contribution in [3.05, 3.63) is 23.7 Å². The summed E-state index contributed by atoms with van der Waals surface area (Å²) in [7, 11) is 3.17. The molecular weight excluding hydrogens is 248 g/mol. The lowest BCUT2D eigenvalue weighted by molar-refractivity contribution is -0.145. The second kappa shape index (κ2) is 6.94. The van der Waals surface area contributed by atoms with Crippen LogP contribution in [0.3, 0.4) is 0 Å². The molecule has 1 aromatic rings. The SMILES string of the molecule is COC(=O)C(CN(C)Cc1ccoc1C)NC(C)=O. The molecule has 0 aromatic carbocycles. The Morgan fingerprint density at radius 2 is 2.21 bits per heavy atom. The molecule has 1 aromatic heterocycles. The fraction of sp³-hybridized carbons (Fsp3) is 0.538. The van der Waals surface area contributed by atoms with Gasteiger partial charge in [0.15, 0.2) is 0 Å². The number of esters is 1. The predicted octanol–water partition coefficient (Wildman–Crippen LogP) is 0.698. The van der Waals surface area contributed by atoms with Crippen molar-refractivity contribution >= 4 is 11.9 Å². The van der Waals surface area contributed by atoms with E-state index < -0.39 is 12.0 Å². The smallest absolute Gasteiger partial charge is 0.329 e. The molecule has 19 heavy (non-hydrogen) atoms. The molecule has 1 atom stereocenters. The number of nitrogens with one attached hydrogen (secondary N) is 1. The van der Waals surface area contributed by atoms with Crippen LogP contribution in [-0.4, -0.2) is 43.5 Å². The number of furan rings is 1. The molecule has 1 unspecified atom stereocenters. The van der Waals surface area contributed by atoms with E-state index in [0.717, 1.165) is 11.3 Å². The molecule has 1 N–H and O–H groups in total. The lowest BCUT2D eigenvalue weighted by atomic mass is 10.2. The molecule has 106 valence electrons. The number of carbonyl (C=O) groups is 2. The van der Waals surface area contributed by atoms with Gasteiger partial charge in [-0.15, -0.1) is 0 Å². The molecule has 0 aliphatic rings. The van der Waals surface area contributed by atoms with Crippen LogP contribution in [0.4, 0.5) is 0 Å². The number of likely N-dealkylation sites (N-methyl/N-ethyl adjacent to an activating group) is 1. The average molecular weight is 268 g/mol. The van der Waals surface area contributed by atoms with Crippen LogP contribution in [0.5, 0.6) is 0 Å². The van der Waals surface area contributed by atoms with Crippen molar-refractivity contribution in [2.45, 2.75) is 26.4 Å². The standard InChI is InChI=1S/C13H20N2O4/c1-9-11(5-6-19-9)7-15(3)8-12(13(17)18-4)14-10(2)16/h5-6,12H,7-8H2,1-4H3,(H,14,16). The van der Waals surface area contributed by atoms with Gasteiger partial charge in [-0.25, -0.2) is 4.79 Å². The molecule has 1 rings (SSSR count). The molecule has 1 heterocycles. The highest BCUT2D eigenvalue weighted by atomic mass is 16.5. The topological polar surface area (TPSA) is 71.8 Å². The molecular formula is C13H20N2O4. The third-order valence-corrected chi connectivity index (χ3v) is 2.76. The molecule has 0 spiro atoms. The van der Waals surface area contributed by atoms with Gasteiger partial charge in [-0.1, -0.05) is 0 Å². The van der Waals surface area contributed by atoms with E-state index in [-0.39, 0.29) is 5.91 Å².